The van der Waals surface area contributed by atoms with Gasteiger partial charge < -0.3 is 4.74 Å². The van der Waals surface area contributed by atoms with Crippen LogP contribution in [0.3, 0.4) is 0 Å². The van der Waals surface area contributed by atoms with Crippen LogP contribution in [0, 0.1) is 11.8 Å². The standard InChI is InChI=1S/C13H17O/c1-2-8-13(10-14-11-13)9-12-6-4-3-5-7-12/h3-8H,2,9-11H2,1H3. The third kappa shape index (κ3) is 1.98. The van der Waals surface area contributed by atoms with Gasteiger partial charge in [0.05, 0.1) is 13.2 Å². The highest BCUT2D eigenvalue weighted by atomic mass is 16.5. The van der Waals surface area contributed by atoms with Crippen LogP contribution in [0.1, 0.15) is 18.9 Å². The van der Waals surface area contributed by atoms with Crippen molar-refractivity contribution < 1.29 is 4.74 Å². The second kappa shape index (κ2) is 4.14. The van der Waals surface area contributed by atoms with Crippen LogP contribution < -0.4 is 0 Å². The van der Waals surface area contributed by atoms with Gasteiger partial charge in [0.25, 0.3) is 0 Å². The molecule has 0 aliphatic carbocycles. The largest absolute Gasteiger partial charge is 0.380 e. The second-order valence-electron chi connectivity index (χ2n) is 4.13. The average Bonchev–Trinajstić information content (AvgIpc) is 2.16. The highest BCUT2D eigenvalue weighted by Crippen LogP contribution is 2.35. The summed E-state index contributed by atoms with van der Waals surface area (Å²) in [6.07, 6.45) is 4.67. The van der Waals surface area contributed by atoms with Gasteiger partial charge in [-0.25, -0.2) is 0 Å². The number of hydrogen-bond acceptors (Lipinski definition) is 1. The summed E-state index contributed by atoms with van der Waals surface area (Å²) >= 11 is 0. The van der Waals surface area contributed by atoms with Crippen LogP contribution >= 0.6 is 0 Å². The highest BCUT2D eigenvalue weighted by molar-refractivity contribution is 5.19. The van der Waals surface area contributed by atoms with Crippen molar-refractivity contribution in [3.05, 3.63) is 42.3 Å². The Bertz CT molecular complexity index is 275. The molecule has 0 unspecified atom stereocenters. The fourth-order valence-electron chi connectivity index (χ4n) is 2.09. The van der Waals surface area contributed by atoms with Gasteiger partial charge in [0.2, 0.25) is 0 Å². The number of ether oxygens (including phenoxy) is 1. The zero-order valence-corrected chi connectivity index (χ0v) is 8.70. The monoisotopic (exact) mass is 189 g/mol. The van der Waals surface area contributed by atoms with Crippen molar-refractivity contribution in [3.8, 4) is 0 Å². The summed E-state index contributed by atoms with van der Waals surface area (Å²) < 4.78 is 5.33. The maximum absolute atomic E-state index is 5.33. The predicted molar refractivity (Wildman–Crippen MR) is 58.0 cm³/mol. The number of rotatable bonds is 4. The minimum atomic E-state index is 0.329. The summed E-state index contributed by atoms with van der Waals surface area (Å²) in [6, 6.07) is 10.7. The zero-order valence-electron chi connectivity index (χ0n) is 8.70. The van der Waals surface area contributed by atoms with E-state index in [2.05, 4.69) is 43.7 Å². The maximum Gasteiger partial charge on any atom is 0.0550 e. The first-order valence-electron chi connectivity index (χ1n) is 5.31. The van der Waals surface area contributed by atoms with Crippen LogP contribution in [-0.4, -0.2) is 13.2 Å². The summed E-state index contributed by atoms with van der Waals surface area (Å²) in [7, 11) is 0. The molecular weight excluding hydrogens is 172 g/mol. The van der Waals surface area contributed by atoms with Crippen molar-refractivity contribution in [1.29, 1.82) is 0 Å². The molecule has 1 aromatic rings. The maximum atomic E-state index is 5.33. The van der Waals surface area contributed by atoms with Gasteiger partial charge in [0, 0.05) is 5.41 Å². The van der Waals surface area contributed by atoms with Gasteiger partial charge in [-0.3, -0.25) is 0 Å². The average molecular weight is 189 g/mol. The van der Waals surface area contributed by atoms with E-state index in [1.807, 2.05) is 0 Å². The third-order valence-corrected chi connectivity index (χ3v) is 2.82. The van der Waals surface area contributed by atoms with Gasteiger partial charge in [-0.15, -0.1) is 0 Å². The lowest BCUT2D eigenvalue weighted by molar-refractivity contribution is -0.0927. The van der Waals surface area contributed by atoms with Gasteiger partial charge in [-0.05, 0) is 18.4 Å². The van der Waals surface area contributed by atoms with Crippen molar-refractivity contribution >= 4 is 0 Å². The van der Waals surface area contributed by atoms with E-state index >= 15 is 0 Å². The molecule has 0 atom stereocenters. The molecule has 0 N–H and O–H groups in total. The molecule has 1 radical (unpaired) electrons. The lowest BCUT2D eigenvalue weighted by Gasteiger charge is -2.41. The van der Waals surface area contributed by atoms with Crippen LogP contribution in [-0.2, 0) is 11.2 Å². The molecule has 1 nitrogen and oxygen atoms in total. The van der Waals surface area contributed by atoms with E-state index < -0.39 is 0 Å². The van der Waals surface area contributed by atoms with Crippen LogP contribution in [0.15, 0.2) is 30.3 Å². The predicted octanol–water partition coefficient (Wildman–Crippen LogP) is 2.86. The molecule has 0 saturated carbocycles. The summed E-state index contributed by atoms with van der Waals surface area (Å²) in [6.45, 7) is 4.00. The molecule has 1 fully saturated rings. The molecule has 75 valence electrons. The van der Waals surface area contributed by atoms with Crippen LogP contribution in [0.2, 0.25) is 0 Å². The molecule has 2 rings (SSSR count). The fraction of sp³-hybridized carbons (Fsp3) is 0.462. The van der Waals surface area contributed by atoms with Crippen LogP contribution in [0.4, 0.5) is 0 Å². The molecule has 1 saturated heterocycles. The molecule has 14 heavy (non-hydrogen) atoms. The van der Waals surface area contributed by atoms with Crippen molar-refractivity contribution in [3.63, 3.8) is 0 Å². The molecule has 0 spiro atoms. The Morgan fingerprint density at radius 1 is 1.29 bits per heavy atom. The van der Waals surface area contributed by atoms with Gasteiger partial charge >= 0.3 is 0 Å². The molecule has 1 aliphatic rings. The van der Waals surface area contributed by atoms with E-state index in [0.29, 0.717) is 5.41 Å². The Morgan fingerprint density at radius 2 is 2.00 bits per heavy atom. The summed E-state index contributed by atoms with van der Waals surface area (Å²) in [5, 5.41) is 0. The number of benzene rings is 1. The van der Waals surface area contributed by atoms with Crippen molar-refractivity contribution in [2.24, 2.45) is 5.41 Å². The topological polar surface area (TPSA) is 9.23 Å². The van der Waals surface area contributed by atoms with Gasteiger partial charge in [0.1, 0.15) is 0 Å². The van der Waals surface area contributed by atoms with E-state index in [0.717, 1.165) is 26.1 Å². The first-order valence-corrected chi connectivity index (χ1v) is 5.31. The van der Waals surface area contributed by atoms with Crippen molar-refractivity contribution in [2.75, 3.05) is 13.2 Å². The molecule has 0 aromatic heterocycles. The lowest BCUT2D eigenvalue weighted by atomic mass is 9.76. The minimum absolute atomic E-state index is 0.329. The van der Waals surface area contributed by atoms with Crippen molar-refractivity contribution in [1.82, 2.24) is 0 Å². The Morgan fingerprint density at radius 3 is 2.50 bits per heavy atom. The van der Waals surface area contributed by atoms with Crippen LogP contribution in [0.25, 0.3) is 0 Å². The Kier molecular flexibility index (Phi) is 2.87. The number of hydrogen-bond donors (Lipinski definition) is 0. The summed E-state index contributed by atoms with van der Waals surface area (Å²) in [4.78, 5) is 0. The smallest absolute Gasteiger partial charge is 0.0550 e. The lowest BCUT2D eigenvalue weighted by Crippen LogP contribution is -2.44. The van der Waals surface area contributed by atoms with Gasteiger partial charge in [0.15, 0.2) is 0 Å². The molecule has 1 heteroatoms. The van der Waals surface area contributed by atoms with E-state index in [-0.39, 0.29) is 0 Å². The quantitative estimate of drug-likeness (QED) is 0.707. The Balaban J connectivity index is 2.01. The van der Waals surface area contributed by atoms with E-state index in [1.54, 1.807) is 0 Å². The minimum Gasteiger partial charge on any atom is -0.380 e. The molecule has 1 heterocycles. The Labute approximate surface area is 86.1 Å². The normalized spacial score (nSPS) is 18.9. The third-order valence-electron chi connectivity index (χ3n) is 2.82. The van der Waals surface area contributed by atoms with Gasteiger partial charge in [-0.2, -0.15) is 0 Å². The molecule has 0 amide bonds. The molecule has 0 bridgehead atoms. The summed E-state index contributed by atoms with van der Waals surface area (Å²) in [5.74, 6) is 0. The second-order valence-corrected chi connectivity index (χ2v) is 4.13. The fourth-order valence-corrected chi connectivity index (χ4v) is 2.09. The molecular formula is C13H17O. The molecule has 1 aromatic carbocycles. The van der Waals surface area contributed by atoms with Gasteiger partial charge in [-0.1, -0.05) is 43.7 Å². The van der Waals surface area contributed by atoms with E-state index in [9.17, 15) is 0 Å². The van der Waals surface area contributed by atoms with E-state index in [1.165, 1.54) is 5.56 Å². The van der Waals surface area contributed by atoms with E-state index in [4.69, 9.17) is 4.74 Å². The first kappa shape index (κ1) is 9.72. The summed E-state index contributed by atoms with van der Waals surface area (Å²) in [5.41, 5.74) is 1.75. The SMILES string of the molecule is CC[CH]C1(Cc2ccccc2)COC1. The Hall–Kier alpha value is -0.820. The highest BCUT2D eigenvalue weighted by Gasteiger charge is 2.37. The van der Waals surface area contributed by atoms with Crippen LogP contribution in [0.5, 0.6) is 0 Å². The molecule has 1 aliphatic heterocycles. The first-order chi connectivity index (χ1) is 6.85. The zero-order chi connectivity index (χ0) is 9.86. The van der Waals surface area contributed by atoms with Crippen molar-refractivity contribution in [2.45, 2.75) is 19.8 Å².